The lowest BCUT2D eigenvalue weighted by Gasteiger charge is -2.36. The maximum Gasteiger partial charge on any atom is 0.254 e. The van der Waals surface area contributed by atoms with Crippen LogP contribution in [0.15, 0.2) is 97.1 Å². The minimum absolute atomic E-state index is 0.0749. The molecule has 0 spiro atoms. The topological polar surface area (TPSA) is 83.7 Å². The Labute approximate surface area is 231 Å². The summed E-state index contributed by atoms with van der Waals surface area (Å²) in [5, 5.41) is 4.11. The molecule has 7 nitrogen and oxygen atoms in total. The van der Waals surface area contributed by atoms with E-state index in [9.17, 15) is 9.59 Å². The van der Waals surface area contributed by atoms with Gasteiger partial charge in [-0.25, -0.2) is 0 Å². The molecule has 0 fully saturated rings. The van der Waals surface area contributed by atoms with Gasteiger partial charge in [-0.15, -0.1) is 0 Å². The van der Waals surface area contributed by atoms with Crippen LogP contribution in [0.3, 0.4) is 0 Å². The van der Waals surface area contributed by atoms with Crippen LogP contribution in [0, 0.1) is 0 Å². The summed E-state index contributed by atoms with van der Waals surface area (Å²) < 4.78 is 11.2. The number of rotatable bonds is 5. The van der Waals surface area contributed by atoms with Gasteiger partial charge in [-0.1, -0.05) is 54.6 Å². The van der Waals surface area contributed by atoms with Gasteiger partial charge in [-0.3, -0.25) is 9.59 Å². The van der Waals surface area contributed by atoms with Gasteiger partial charge in [0.15, 0.2) is 11.5 Å². The van der Waals surface area contributed by atoms with E-state index in [0.29, 0.717) is 35.7 Å². The number of carbonyl (C=O) groups is 2. The third kappa shape index (κ3) is 4.35. The van der Waals surface area contributed by atoms with Crippen molar-refractivity contribution in [2.24, 2.45) is 0 Å². The summed E-state index contributed by atoms with van der Waals surface area (Å²) in [6.45, 7) is 0.764. The van der Waals surface area contributed by atoms with Crippen LogP contribution in [0.2, 0.25) is 0 Å². The normalized spacial score (nSPS) is 15.6. The minimum atomic E-state index is -0.316. The molecule has 1 aromatic heterocycles. The molecular weight excluding hydrogens is 502 g/mol. The number of H-pyrrole nitrogens is 1. The molecule has 198 valence electrons. The van der Waals surface area contributed by atoms with Crippen molar-refractivity contribution < 1.29 is 19.1 Å². The Morgan fingerprint density at radius 1 is 0.875 bits per heavy atom. The quantitative estimate of drug-likeness (QED) is 0.299. The lowest BCUT2D eigenvalue weighted by Crippen LogP contribution is -2.40. The lowest BCUT2D eigenvalue weighted by atomic mass is 9.91. The Hall–Kier alpha value is -5.04. The maximum atomic E-state index is 14.0. The van der Waals surface area contributed by atoms with Crippen LogP contribution in [0.25, 0.3) is 10.9 Å². The smallest absolute Gasteiger partial charge is 0.254 e. The zero-order valence-electron chi connectivity index (χ0n) is 21.7. The van der Waals surface area contributed by atoms with Gasteiger partial charge in [0.25, 0.3) is 5.91 Å². The molecule has 1 unspecified atom stereocenters. The van der Waals surface area contributed by atoms with Crippen LogP contribution in [-0.4, -0.2) is 35.0 Å². The van der Waals surface area contributed by atoms with Crippen molar-refractivity contribution in [2.45, 2.75) is 18.9 Å². The molecule has 2 aliphatic heterocycles. The number of fused-ring (bicyclic) bond motifs is 4. The van der Waals surface area contributed by atoms with Crippen LogP contribution in [0.5, 0.6) is 11.5 Å². The number of hydrogen-bond acceptors (Lipinski definition) is 4. The minimum Gasteiger partial charge on any atom is -0.454 e. The standard InChI is InChI=1S/C33H27N3O4/c37-30(18-21-6-2-1-3-7-21)34-24-13-10-22(11-14-24)33(38)36-17-16-26-25-8-4-5-9-27(25)35-31(26)32(36)23-12-15-28-29(19-23)40-20-39-28/h1-15,19,32,35H,16-18,20H2,(H,34,37). The number of aromatic amines is 1. The number of nitrogens with one attached hydrogen (secondary N) is 2. The highest BCUT2D eigenvalue weighted by molar-refractivity contribution is 5.97. The number of carbonyl (C=O) groups excluding carboxylic acids is 2. The Morgan fingerprint density at radius 3 is 2.50 bits per heavy atom. The number of benzene rings is 4. The first-order chi connectivity index (χ1) is 19.6. The van der Waals surface area contributed by atoms with Crippen molar-refractivity contribution >= 4 is 28.4 Å². The van der Waals surface area contributed by atoms with E-state index >= 15 is 0 Å². The van der Waals surface area contributed by atoms with E-state index in [2.05, 4.69) is 22.4 Å². The average Bonchev–Trinajstić information content (AvgIpc) is 3.61. The second-order valence-corrected chi connectivity index (χ2v) is 10.1. The van der Waals surface area contributed by atoms with Gasteiger partial charge in [0.05, 0.1) is 12.5 Å². The van der Waals surface area contributed by atoms with E-state index in [-0.39, 0.29) is 24.6 Å². The van der Waals surface area contributed by atoms with Crippen molar-refractivity contribution in [1.29, 1.82) is 0 Å². The van der Waals surface area contributed by atoms with E-state index in [1.54, 1.807) is 24.3 Å². The summed E-state index contributed by atoms with van der Waals surface area (Å²) in [5.74, 6) is 1.22. The SMILES string of the molecule is O=C(Cc1ccccc1)Nc1ccc(C(=O)N2CCc3c([nH]c4ccccc34)C2c2ccc3c(c2)OCO3)cc1. The molecule has 0 bridgehead atoms. The molecule has 0 radical (unpaired) electrons. The van der Waals surface area contributed by atoms with E-state index < -0.39 is 0 Å². The van der Waals surface area contributed by atoms with E-state index in [0.717, 1.165) is 28.8 Å². The van der Waals surface area contributed by atoms with Gasteiger partial charge < -0.3 is 24.7 Å². The van der Waals surface area contributed by atoms with Gasteiger partial charge in [0.1, 0.15) is 0 Å². The molecule has 2 aliphatic rings. The zero-order chi connectivity index (χ0) is 27.1. The molecule has 0 saturated heterocycles. The number of nitrogens with zero attached hydrogens (tertiary/aromatic N) is 1. The van der Waals surface area contributed by atoms with Crippen molar-refractivity contribution in [1.82, 2.24) is 9.88 Å². The molecule has 7 heteroatoms. The van der Waals surface area contributed by atoms with Crippen LogP contribution in [0.1, 0.15) is 38.8 Å². The third-order valence-corrected chi connectivity index (χ3v) is 7.63. The lowest BCUT2D eigenvalue weighted by molar-refractivity contribution is -0.115. The van der Waals surface area contributed by atoms with Crippen molar-refractivity contribution in [3.05, 3.63) is 125 Å². The Morgan fingerprint density at radius 2 is 1.65 bits per heavy atom. The van der Waals surface area contributed by atoms with E-state index in [4.69, 9.17) is 9.47 Å². The van der Waals surface area contributed by atoms with Crippen LogP contribution in [0.4, 0.5) is 5.69 Å². The molecule has 0 aliphatic carbocycles. The summed E-state index contributed by atoms with van der Waals surface area (Å²) in [6.07, 6.45) is 1.04. The maximum absolute atomic E-state index is 14.0. The number of amides is 2. The molecule has 2 N–H and O–H groups in total. The van der Waals surface area contributed by atoms with Gasteiger partial charge in [-0.05, 0) is 65.6 Å². The second kappa shape index (κ2) is 9.93. The van der Waals surface area contributed by atoms with Crippen LogP contribution >= 0.6 is 0 Å². The van der Waals surface area contributed by atoms with Gasteiger partial charge >= 0.3 is 0 Å². The monoisotopic (exact) mass is 529 g/mol. The van der Waals surface area contributed by atoms with Crippen LogP contribution in [-0.2, 0) is 17.6 Å². The Kier molecular flexibility index (Phi) is 5.96. The van der Waals surface area contributed by atoms with E-state index in [1.165, 1.54) is 10.9 Å². The number of anilines is 1. The summed E-state index contributed by atoms with van der Waals surface area (Å²) in [6, 6.07) is 30.6. The summed E-state index contributed by atoms with van der Waals surface area (Å²) >= 11 is 0. The third-order valence-electron chi connectivity index (χ3n) is 7.63. The van der Waals surface area contributed by atoms with Crippen molar-refractivity contribution in [3.63, 3.8) is 0 Å². The zero-order valence-corrected chi connectivity index (χ0v) is 21.7. The second-order valence-electron chi connectivity index (χ2n) is 10.1. The van der Waals surface area contributed by atoms with E-state index in [1.807, 2.05) is 65.6 Å². The number of hydrogen-bond donors (Lipinski definition) is 2. The predicted octanol–water partition coefficient (Wildman–Crippen LogP) is 5.87. The molecule has 1 atom stereocenters. The average molecular weight is 530 g/mol. The molecule has 5 aromatic rings. The molecule has 7 rings (SSSR count). The number of para-hydroxylation sites is 1. The summed E-state index contributed by atoms with van der Waals surface area (Å²) in [5.41, 5.74) is 6.43. The summed E-state index contributed by atoms with van der Waals surface area (Å²) in [4.78, 5) is 32.0. The molecule has 40 heavy (non-hydrogen) atoms. The highest BCUT2D eigenvalue weighted by atomic mass is 16.7. The van der Waals surface area contributed by atoms with Crippen molar-refractivity contribution in [3.8, 4) is 11.5 Å². The first kappa shape index (κ1) is 24.0. The fourth-order valence-corrected chi connectivity index (χ4v) is 5.74. The number of ether oxygens (including phenoxy) is 2. The molecular formula is C33H27N3O4. The molecule has 4 aromatic carbocycles. The van der Waals surface area contributed by atoms with Crippen molar-refractivity contribution in [2.75, 3.05) is 18.7 Å². The molecule has 0 saturated carbocycles. The van der Waals surface area contributed by atoms with Gasteiger partial charge in [-0.2, -0.15) is 0 Å². The summed E-state index contributed by atoms with van der Waals surface area (Å²) in [7, 11) is 0. The highest BCUT2D eigenvalue weighted by Crippen LogP contribution is 2.42. The van der Waals surface area contributed by atoms with Gasteiger partial charge in [0.2, 0.25) is 12.7 Å². The van der Waals surface area contributed by atoms with Crippen LogP contribution < -0.4 is 14.8 Å². The first-order valence-electron chi connectivity index (χ1n) is 13.4. The first-order valence-corrected chi connectivity index (χ1v) is 13.4. The predicted molar refractivity (Wildman–Crippen MR) is 153 cm³/mol. The fourth-order valence-electron chi connectivity index (χ4n) is 5.74. The van der Waals surface area contributed by atoms with Gasteiger partial charge in [0, 0.05) is 34.4 Å². The number of aromatic nitrogens is 1. The Bertz CT molecular complexity index is 1730. The molecule has 2 amide bonds. The highest BCUT2D eigenvalue weighted by Gasteiger charge is 2.35. The molecule has 3 heterocycles. The fraction of sp³-hybridized carbons (Fsp3) is 0.152. The Balaban J connectivity index is 1.18. The largest absolute Gasteiger partial charge is 0.454 e.